The summed E-state index contributed by atoms with van der Waals surface area (Å²) in [5, 5.41) is 5.60. The summed E-state index contributed by atoms with van der Waals surface area (Å²) in [4.78, 5) is 14.6. The molecule has 2 aromatic heterocycles. The van der Waals surface area contributed by atoms with Gasteiger partial charge in [0.2, 0.25) is 5.56 Å². The summed E-state index contributed by atoms with van der Waals surface area (Å²) in [7, 11) is 0. The molecule has 0 spiro atoms. The Kier molecular flexibility index (Phi) is 2.74. The molecule has 0 saturated carbocycles. The van der Waals surface area contributed by atoms with Gasteiger partial charge in [0.05, 0.1) is 11.4 Å². The smallest absolute Gasteiger partial charge is 0.249 e. The second-order valence-electron chi connectivity index (χ2n) is 5.31. The van der Waals surface area contributed by atoms with E-state index in [9.17, 15) is 4.79 Å². The maximum atomic E-state index is 11.7. The lowest BCUT2D eigenvalue weighted by molar-refractivity contribution is 0.873. The monoisotopic (exact) mass is 267 g/mol. The van der Waals surface area contributed by atoms with Crippen LogP contribution in [0.4, 0.5) is 0 Å². The summed E-state index contributed by atoms with van der Waals surface area (Å²) in [6.45, 7) is 8.06. The average Bonchev–Trinajstić information content (AvgIpc) is 2.70. The number of fused-ring (bicyclic) bond motifs is 1. The molecule has 0 unspecified atom stereocenters. The fourth-order valence-electron chi connectivity index (χ4n) is 2.58. The van der Waals surface area contributed by atoms with E-state index >= 15 is 0 Å². The zero-order valence-corrected chi connectivity index (χ0v) is 12.1. The molecule has 3 rings (SSSR count). The van der Waals surface area contributed by atoms with Crippen LogP contribution in [0.15, 0.2) is 29.1 Å². The molecule has 0 amide bonds. The van der Waals surface area contributed by atoms with Crippen LogP contribution in [-0.4, -0.2) is 14.8 Å². The van der Waals surface area contributed by atoms with Crippen molar-refractivity contribution >= 4 is 11.0 Å². The Bertz CT molecular complexity index is 871. The summed E-state index contributed by atoms with van der Waals surface area (Å²) in [5.41, 5.74) is 5.96. The van der Waals surface area contributed by atoms with Crippen LogP contribution in [0.2, 0.25) is 0 Å². The molecule has 0 radical (unpaired) electrons. The van der Waals surface area contributed by atoms with Crippen molar-refractivity contribution in [3.8, 4) is 5.69 Å². The van der Waals surface area contributed by atoms with Crippen molar-refractivity contribution in [1.82, 2.24) is 14.8 Å². The van der Waals surface area contributed by atoms with Gasteiger partial charge in [-0.1, -0.05) is 6.07 Å². The summed E-state index contributed by atoms with van der Waals surface area (Å²) < 4.78 is 1.81. The van der Waals surface area contributed by atoms with E-state index < -0.39 is 0 Å². The van der Waals surface area contributed by atoms with Crippen LogP contribution in [0, 0.1) is 27.7 Å². The molecule has 0 bridgehead atoms. The van der Waals surface area contributed by atoms with Crippen LogP contribution in [-0.2, 0) is 0 Å². The number of hydrogen-bond acceptors (Lipinski definition) is 2. The van der Waals surface area contributed by atoms with Gasteiger partial charge in [-0.05, 0) is 56.5 Å². The first kappa shape index (κ1) is 12.7. The molecule has 4 heteroatoms. The molecule has 0 saturated heterocycles. The van der Waals surface area contributed by atoms with Crippen LogP contribution in [0.3, 0.4) is 0 Å². The second kappa shape index (κ2) is 4.34. The number of pyridine rings is 1. The van der Waals surface area contributed by atoms with Gasteiger partial charge in [0.25, 0.3) is 0 Å². The Balaban J connectivity index is 2.37. The van der Waals surface area contributed by atoms with E-state index in [0.29, 0.717) is 0 Å². The van der Waals surface area contributed by atoms with Crippen molar-refractivity contribution < 1.29 is 0 Å². The summed E-state index contributed by atoms with van der Waals surface area (Å²) in [6, 6.07) is 7.79. The van der Waals surface area contributed by atoms with E-state index in [2.05, 4.69) is 36.1 Å². The van der Waals surface area contributed by atoms with E-state index in [4.69, 9.17) is 0 Å². The first-order valence-electron chi connectivity index (χ1n) is 6.64. The van der Waals surface area contributed by atoms with Gasteiger partial charge in [-0.3, -0.25) is 4.79 Å². The normalized spacial score (nSPS) is 11.2. The SMILES string of the molecule is Cc1ccc(-n2nc(C)c3c(C)cc(=O)[nH]c32)cc1C. The minimum atomic E-state index is -0.0972. The molecule has 4 nitrogen and oxygen atoms in total. The Morgan fingerprint density at radius 1 is 1.00 bits per heavy atom. The Labute approximate surface area is 117 Å². The summed E-state index contributed by atoms with van der Waals surface area (Å²) >= 11 is 0. The maximum Gasteiger partial charge on any atom is 0.249 e. The molecular formula is C16H17N3O. The number of aromatic nitrogens is 3. The largest absolute Gasteiger partial charge is 0.306 e. The number of nitrogens with zero attached hydrogens (tertiary/aromatic N) is 2. The number of aryl methyl sites for hydroxylation is 4. The summed E-state index contributed by atoms with van der Waals surface area (Å²) in [5.74, 6) is 0. The molecule has 0 atom stereocenters. The molecule has 0 fully saturated rings. The highest BCUT2D eigenvalue weighted by Gasteiger charge is 2.12. The Morgan fingerprint density at radius 3 is 2.45 bits per heavy atom. The quantitative estimate of drug-likeness (QED) is 0.737. The first-order chi connectivity index (χ1) is 9.47. The zero-order valence-electron chi connectivity index (χ0n) is 12.1. The highest BCUT2D eigenvalue weighted by molar-refractivity contribution is 5.83. The second-order valence-corrected chi connectivity index (χ2v) is 5.31. The molecule has 0 aliphatic heterocycles. The Morgan fingerprint density at radius 2 is 1.75 bits per heavy atom. The number of rotatable bonds is 1. The molecule has 0 aliphatic carbocycles. The fourth-order valence-corrected chi connectivity index (χ4v) is 2.58. The van der Waals surface area contributed by atoms with Crippen molar-refractivity contribution in [2.75, 3.05) is 0 Å². The van der Waals surface area contributed by atoms with Gasteiger partial charge in [-0.2, -0.15) is 5.10 Å². The van der Waals surface area contributed by atoms with E-state index in [-0.39, 0.29) is 5.56 Å². The maximum absolute atomic E-state index is 11.7. The highest BCUT2D eigenvalue weighted by Crippen LogP contribution is 2.22. The number of benzene rings is 1. The lowest BCUT2D eigenvalue weighted by Crippen LogP contribution is -2.08. The third-order valence-electron chi connectivity index (χ3n) is 3.78. The van der Waals surface area contributed by atoms with Crippen molar-refractivity contribution in [3.05, 3.63) is 57.0 Å². The molecule has 1 aromatic carbocycles. The minimum absolute atomic E-state index is 0.0972. The van der Waals surface area contributed by atoms with Crippen LogP contribution < -0.4 is 5.56 Å². The summed E-state index contributed by atoms with van der Waals surface area (Å²) in [6.07, 6.45) is 0. The van der Waals surface area contributed by atoms with Crippen LogP contribution in [0.5, 0.6) is 0 Å². The third kappa shape index (κ3) is 1.84. The highest BCUT2D eigenvalue weighted by atomic mass is 16.1. The van der Waals surface area contributed by atoms with Crippen molar-refractivity contribution in [3.63, 3.8) is 0 Å². The topological polar surface area (TPSA) is 50.7 Å². The first-order valence-corrected chi connectivity index (χ1v) is 6.64. The van der Waals surface area contributed by atoms with Gasteiger partial charge in [0.1, 0.15) is 5.65 Å². The molecule has 20 heavy (non-hydrogen) atoms. The van der Waals surface area contributed by atoms with Gasteiger partial charge in [0, 0.05) is 11.5 Å². The number of hydrogen-bond donors (Lipinski definition) is 1. The zero-order chi connectivity index (χ0) is 14.4. The van der Waals surface area contributed by atoms with Crippen molar-refractivity contribution in [1.29, 1.82) is 0 Å². The Hall–Kier alpha value is -2.36. The average molecular weight is 267 g/mol. The lowest BCUT2D eigenvalue weighted by Gasteiger charge is -2.06. The molecule has 2 heterocycles. The van der Waals surface area contributed by atoms with E-state index in [1.165, 1.54) is 11.1 Å². The molecular weight excluding hydrogens is 250 g/mol. The minimum Gasteiger partial charge on any atom is -0.306 e. The van der Waals surface area contributed by atoms with Gasteiger partial charge in [0.15, 0.2) is 0 Å². The molecule has 3 aromatic rings. The molecule has 1 N–H and O–H groups in total. The van der Waals surface area contributed by atoms with E-state index in [0.717, 1.165) is 28.0 Å². The van der Waals surface area contributed by atoms with Gasteiger partial charge in [-0.15, -0.1) is 0 Å². The van der Waals surface area contributed by atoms with Gasteiger partial charge < -0.3 is 4.98 Å². The van der Waals surface area contributed by atoms with E-state index in [1.807, 2.05) is 24.6 Å². The molecule has 102 valence electrons. The fraction of sp³-hybridized carbons (Fsp3) is 0.250. The molecule has 0 aliphatic rings. The van der Waals surface area contributed by atoms with E-state index in [1.54, 1.807) is 6.07 Å². The van der Waals surface area contributed by atoms with Crippen molar-refractivity contribution in [2.24, 2.45) is 0 Å². The van der Waals surface area contributed by atoms with Crippen molar-refractivity contribution in [2.45, 2.75) is 27.7 Å². The van der Waals surface area contributed by atoms with Crippen LogP contribution >= 0.6 is 0 Å². The van der Waals surface area contributed by atoms with Gasteiger partial charge in [-0.25, -0.2) is 4.68 Å². The third-order valence-corrected chi connectivity index (χ3v) is 3.78. The van der Waals surface area contributed by atoms with Crippen LogP contribution in [0.25, 0.3) is 16.7 Å². The number of aromatic amines is 1. The lowest BCUT2D eigenvalue weighted by atomic mass is 10.1. The predicted octanol–water partition coefficient (Wildman–Crippen LogP) is 2.95. The number of nitrogens with one attached hydrogen (secondary N) is 1. The number of H-pyrrole nitrogens is 1. The standard InChI is InChI=1S/C16H17N3O/c1-9-5-6-13(7-10(9)2)19-16-15(12(4)18-19)11(3)8-14(20)17-16/h5-8H,1-4H3,(H,17,20). The predicted molar refractivity (Wildman–Crippen MR) is 80.6 cm³/mol. The van der Waals surface area contributed by atoms with Crippen LogP contribution in [0.1, 0.15) is 22.4 Å². The van der Waals surface area contributed by atoms with Gasteiger partial charge >= 0.3 is 0 Å².